The van der Waals surface area contributed by atoms with Crippen LogP contribution in [0.25, 0.3) is 0 Å². The van der Waals surface area contributed by atoms with Crippen LogP contribution in [0.1, 0.15) is 12.5 Å². The summed E-state index contributed by atoms with van der Waals surface area (Å²) in [6.07, 6.45) is 4.47. The summed E-state index contributed by atoms with van der Waals surface area (Å²) in [5.74, 6) is 0. The van der Waals surface area contributed by atoms with Crippen molar-refractivity contribution in [2.24, 2.45) is 0 Å². The van der Waals surface area contributed by atoms with Gasteiger partial charge in [0, 0.05) is 11.9 Å². The number of benzene rings is 1. The van der Waals surface area contributed by atoms with E-state index in [1.807, 2.05) is 24.3 Å². The second-order valence-electron chi connectivity index (χ2n) is 3.87. The molecule has 0 radical (unpaired) electrons. The summed E-state index contributed by atoms with van der Waals surface area (Å²) in [4.78, 5) is 4.02. The van der Waals surface area contributed by atoms with Crippen molar-refractivity contribution in [1.29, 1.82) is 0 Å². The second kappa shape index (κ2) is 6.12. The summed E-state index contributed by atoms with van der Waals surface area (Å²) in [7, 11) is 0. The molecule has 1 aromatic heterocycles. The highest BCUT2D eigenvalue weighted by Crippen LogP contribution is 2.12. The quantitative estimate of drug-likeness (QED) is 0.826. The molecule has 3 nitrogen and oxygen atoms in total. The molecule has 1 heterocycles. The molecule has 1 aromatic carbocycles. The number of pyridine rings is 1. The number of hydrogen-bond acceptors (Lipinski definition) is 2. The first-order chi connectivity index (χ1) is 8.78. The van der Waals surface area contributed by atoms with Crippen LogP contribution in [0.3, 0.4) is 0 Å². The maximum absolute atomic E-state index is 5.25. The van der Waals surface area contributed by atoms with Crippen LogP contribution in [-0.2, 0) is 6.42 Å². The van der Waals surface area contributed by atoms with Crippen molar-refractivity contribution in [2.75, 3.05) is 10.6 Å². The van der Waals surface area contributed by atoms with Crippen LogP contribution in [-0.4, -0.2) is 10.1 Å². The monoisotopic (exact) mass is 257 g/mol. The Labute approximate surface area is 112 Å². The van der Waals surface area contributed by atoms with Gasteiger partial charge in [-0.15, -0.1) is 0 Å². The number of thiocarbonyl (C=S) groups is 1. The number of hydrogen-bond donors (Lipinski definition) is 2. The summed E-state index contributed by atoms with van der Waals surface area (Å²) in [6.45, 7) is 2.13. The van der Waals surface area contributed by atoms with Gasteiger partial charge in [-0.2, -0.15) is 0 Å². The summed E-state index contributed by atoms with van der Waals surface area (Å²) < 4.78 is 0. The molecule has 0 aliphatic carbocycles. The van der Waals surface area contributed by atoms with Crippen LogP contribution in [0.5, 0.6) is 0 Å². The van der Waals surface area contributed by atoms with Crippen molar-refractivity contribution in [3.05, 3.63) is 54.4 Å². The lowest BCUT2D eigenvalue weighted by Gasteiger charge is -2.10. The zero-order chi connectivity index (χ0) is 12.8. The Kier molecular flexibility index (Phi) is 4.25. The molecule has 0 spiro atoms. The van der Waals surface area contributed by atoms with Crippen LogP contribution < -0.4 is 10.6 Å². The molecule has 2 rings (SSSR count). The first-order valence-corrected chi connectivity index (χ1v) is 6.25. The van der Waals surface area contributed by atoms with Crippen LogP contribution in [0.2, 0.25) is 0 Å². The van der Waals surface area contributed by atoms with E-state index >= 15 is 0 Å². The fraction of sp³-hybridized carbons (Fsp3) is 0.143. The molecule has 2 N–H and O–H groups in total. The fourth-order valence-electron chi connectivity index (χ4n) is 1.60. The molecule has 0 unspecified atom stereocenters. The molecule has 0 atom stereocenters. The largest absolute Gasteiger partial charge is 0.332 e. The first-order valence-electron chi connectivity index (χ1n) is 5.85. The zero-order valence-corrected chi connectivity index (χ0v) is 11.0. The van der Waals surface area contributed by atoms with Gasteiger partial charge in [0.1, 0.15) is 0 Å². The number of anilines is 2. The Morgan fingerprint density at radius 3 is 2.67 bits per heavy atom. The van der Waals surface area contributed by atoms with Crippen molar-refractivity contribution < 1.29 is 0 Å². The lowest BCUT2D eigenvalue weighted by molar-refractivity contribution is 1.14. The van der Waals surface area contributed by atoms with E-state index in [1.165, 1.54) is 5.56 Å². The minimum Gasteiger partial charge on any atom is -0.332 e. The molecular weight excluding hydrogens is 242 g/mol. The lowest BCUT2D eigenvalue weighted by atomic mass is 10.1. The first kappa shape index (κ1) is 12.5. The predicted octanol–water partition coefficient (Wildman–Crippen LogP) is 3.45. The third-order valence-electron chi connectivity index (χ3n) is 2.51. The fourth-order valence-corrected chi connectivity index (χ4v) is 1.83. The van der Waals surface area contributed by atoms with Gasteiger partial charge in [-0.05, 0) is 48.5 Å². The Morgan fingerprint density at radius 1 is 1.17 bits per heavy atom. The third-order valence-corrected chi connectivity index (χ3v) is 2.72. The van der Waals surface area contributed by atoms with Gasteiger partial charge >= 0.3 is 0 Å². The predicted molar refractivity (Wildman–Crippen MR) is 79.9 cm³/mol. The Hall–Kier alpha value is -1.94. The van der Waals surface area contributed by atoms with E-state index in [4.69, 9.17) is 12.2 Å². The van der Waals surface area contributed by atoms with Gasteiger partial charge in [0.25, 0.3) is 0 Å². The summed E-state index contributed by atoms with van der Waals surface area (Å²) in [5.41, 5.74) is 3.15. The standard InChI is InChI=1S/C14H15N3S/c1-2-11-5-3-6-12(9-11)16-14(18)17-13-7-4-8-15-10-13/h3-10H,2H2,1H3,(H2,16,17,18). The Balaban J connectivity index is 1.99. The van der Waals surface area contributed by atoms with Crippen LogP contribution >= 0.6 is 12.2 Å². The van der Waals surface area contributed by atoms with Crippen molar-refractivity contribution in [1.82, 2.24) is 4.98 Å². The van der Waals surface area contributed by atoms with E-state index in [0.717, 1.165) is 17.8 Å². The van der Waals surface area contributed by atoms with Crippen LogP contribution in [0.4, 0.5) is 11.4 Å². The SMILES string of the molecule is CCc1cccc(NC(=S)Nc2cccnc2)c1. The van der Waals surface area contributed by atoms with Crippen molar-refractivity contribution >= 4 is 28.7 Å². The van der Waals surface area contributed by atoms with Gasteiger partial charge in [0.15, 0.2) is 5.11 Å². The van der Waals surface area contributed by atoms with Gasteiger partial charge < -0.3 is 10.6 Å². The maximum Gasteiger partial charge on any atom is 0.175 e. The molecule has 0 aliphatic heterocycles. The van der Waals surface area contributed by atoms with E-state index in [9.17, 15) is 0 Å². The molecule has 18 heavy (non-hydrogen) atoms. The summed E-state index contributed by atoms with van der Waals surface area (Å²) >= 11 is 5.25. The molecule has 0 amide bonds. The molecule has 2 aromatic rings. The van der Waals surface area contributed by atoms with E-state index < -0.39 is 0 Å². The number of nitrogens with zero attached hydrogens (tertiary/aromatic N) is 1. The number of rotatable bonds is 3. The van der Waals surface area contributed by atoms with E-state index in [1.54, 1.807) is 12.4 Å². The van der Waals surface area contributed by atoms with Gasteiger partial charge in [-0.25, -0.2) is 0 Å². The van der Waals surface area contributed by atoms with Gasteiger partial charge in [-0.1, -0.05) is 19.1 Å². The minimum absolute atomic E-state index is 0.566. The van der Waals surface area contributed by atoms with Crippen LogP contribution in [0.15, 0.2) is 48.8 Å². The van der Waals surface area contributed by atoms with E-state index in [-0.39, 0.29) is 0 Å². The molecule has 0 saturated heterocycles. The highest BCUT2D eigenvalue weighted by Gasteiger charge is 1.99. The molecule has 0 bridgehead atoms. The average molecular weight is 257 g/mol. The molecular formula is C14H15N3S. The topological polar surface area (TPSA) is 37.0 Å². The van der Waals surface area contributed by atoms with Gasteiger partial charge in [0.2, 0.25) is 0 Å². The van der Waals surface area contributed by atoms with Crippen molar-refractivity contribution in [2.45, 2.75) is 13.3 Å². The number of nitrogens with one attached hydrogen (secondary N) is 2. The average Bonchev–Trinajstić information content (AvgIpc) is 2.40. The van der Waals surface area contributed by atoms with Crippen molar-refractivity contribution in [3.8, 4) is 0 Å². The molecule has 92 valence electrons. The van der Waals surface area contributed by atoms with E-state index in [0.29, 0.717) is 5.11 Å². The summed E-state index contributed by atoms with van der Waals surface area (Å²) in [5, 5.41) is 6.81. The Morgan fingerprint density at radius 2 is 1.94 bits per heavy atom. The highest BCUT2D eigenvalue weighted by molar-refractivity contribution is 7.80. The molecule has 0 fully saturated rings. The van der Waals surface area contributed by atoms with Gasteiger partial charge in [-0.3, -0.25) is 4.98 Å². The highest BCUT2D eigenvalue weighted by atomic mass is 32.1. The Bertz CT molecular complexity index is 526. The van der Waals surface area contributed by atoms with Gasteiger partial charge in [0.05, 0.1) is 11.9 Å². The van der Waals surface area contributed by atoms with Crippen LogP contribution in [0, 0.1) is 0 Å². The molecule has 0 aliphatic rings. The van der Waals surface area contributed by atoms with Crippen molar-refractivity contribution in [3.63, 3.8) is 0 Å². The number of aryl methyl sites for hydroxylation is 1. The zero-order valence-electron chi connectivity index (χ0n) is 10.2. The minimum atomic E-state index is 0.566. The third kappa shape index (κ3) is 3.53. The second-order valence-corrected chi connectivity index (χ2v) is 4.28. The summed E-state index contributed by atoms with van der Waals surface area (Å²) in [6, 6.07) is 12.0. The normalized spacial score (nSPS) is 9.83. The smallest absolute Gasteiger partial charge is 0.175 e. The maximum atomic E-state index is 5.25. The van der Waals surface area contributed by atoms with E-state index in [2.05, 4.69) is 34.7 Å². The molecule has 0 saturated carbocycles. The lowest BCUT2D eigenvalue weighted by Crippen LogP contribution is -2.19. The number of aromatic nitrogens is 1. The molecule has 4 heteroatoms.